The van der Waals surface area contributed by atoms with Crippen LogP contribution < -0.4 is 0 Å². The van der Waals surface area contributed by atoms with Crippen LogP contribution in [0.25, 0.3) is 0 Å². The average Bonchev–Trinajstić information content (AvgIpc) is 2.94. The van der Waals surface area contributed by atoms with E-state index in [0.717, 1.165) is 12.1 Å². The van der Waals surface area contributed by atoms with Gasteiger partial charge in [-0.15, -0.1) is 10.2 Å². The van der Waals surface area contributed by atoms with E-state index in [9.17, 15) is 12.8 Å². The highest BCUT2D eigenvalue weighted by Crippen LogP contribution is 2.22. The molecule has 0 amide bonds. The van der Waals surface area contributed by atoms with Crippen molar-refractivity contribution in [2.45, 2.75) is 24.6 Å². The lowest BCUT2D eigenvalue weighted by atomic mass is 10.2. The summed E-state index contributed by atoms with van der Waals surface area (Å²) >= 11 is 0. The molecule has 7 nitrogen and oxygen atoms in total. The number of aromatic nitrogens is 3. The van der Waals surface area contributed by atoms with Gasteiger partial charge in [-0.25, -0.2) is 12.8 Å². The Kier molecular flexibility index (Phi) is 3.47. The van der Waals surface area contributed by atoms with Crippen molar-refractivity contribution < 1.29 is 17.9 Å². The van der Waals surface area contributed by atoms with Gasteiger partial charge in [0, 0.05) is 18.7 Å². The first-order valence-electron chi connectivity index (χ1n) is 6.28. The van der Waals surface area contributed by atoms with Crippen molar-refractivity contribution in [1.29, 1.82) is 0 Å². The van der Waals surface area contributed by atoms with Gasteiger partial charge in [-0.2, -0.15) is 4.31 Å². The summed E-state index contributed by atoms with van der Waals surface area (Å²) < 4.78 is 41.5. The van der Waals surface area contributed by atoms with Gasteiger partial charge in [0.05, 0.1) is 18.0 Å². The molecule has 112 valence electrons. The second-order valence-electron chi connectivity index (χ2n) is 4.69. The smallest absolute Gasteiger partial charge is 0.243 e. The number of hydrogen-bond acceptors (Lipinski definition) is 5. The molecule has 1 aliphatic heterocycles. The molecule has 0 fully saturated rings. The quantitative estimate of drug-likeness (QED) is 0.869. The van der Waals surface area contributed by atoms with E-state index in [2.05, 4.69) is 10.2 Å². The molecule has 0 unspecified atom stereocenters. The van der Waals surface area contributed by atoms with E-state index in [4.69, 9.17) is 5.11 Å². The zero-order valence-electron chi connectivity index (χ0n) is 11.0. The number of nitrogens with zero attached hydrogens (tertiary/aromatic N) is 4. The van der Waals surface area contributed by atoms with Gasteiger partial charge < -0.3 is 9.67 Å². The van der Waals surface area contributed by atoms with Crippen LogP contribution >= 0.6 is 0 Å². The molecule has 0 atom stereocenters. The maximum Gasteiger partial charge on any atom is 0.243 e. The molecule has 1 aliphatic rings. The van der Waals surface area contributed by atoms with E-state index in [-0.39, 0.29) is 17.0 Å². The lowest BCUT2D eigenvalue weighted by Crippen LogP contribution is -2.38. The monoisotopic (exact) mass is 312 g/mol. The van der Waals surface area contributed by atoms with Gasteiger partial charge in [0.2, 0.25) is 10.0 Å². The number of rotatable bonds is 3. The van der Waals surface area contributed by atoms with Gasteiger partial charge in [0.15, 0.2) is 0 Å². The third kappa shape index (κ3) is 2.43. The third-order valence-electron chi connectivity index (χ3n) is 3.43. The Morgan fingerprint density at radius 3 is 2.90 bits per heavy atom. The van der Waals surface area contributed by atoms with Gasteiger partial charge >= 0.3 is 0 Å². The minimum Gasteiger partial charge on any atom is -0.392 e. The standard InChI is InChI=1S/C12H13FN4O3S/c13-11-2-1-10(5-9(11)7-18)21(19,20)17-4-3-16-8-14-15-12(16)6-17/h1-2,5,8,18H,3-4,6-7H2. The molecule has 1 aromatic carbocycles. The normalized spacial score (nSPS) is 15.9. The van der Waals surface area contributed by atoms with Crippen LogP contribution in [0.2, 0.25) is 0 Å². The lowest BCUT2D eigenvalue weighted by Gasteiger charge is -2.26. The van der Waals surface area contributed by atoms with Crippen molar-refractivity contribution in [3.05, 3.63) is 41.7 Å². The fourth-order valence-corrected chi connectivity index (χ4v) is 3.67. The van der Waals surface area contributed by atoms with Crippen molar-refractivity contribution in [3.63, 3.8) is 0 Å². The number of fused-ring (bicyclic) bond motifs is 1. The highest BCUT2D eigenvalue weighted by atomic mass is 32.2. The number of sulfonamides is 1. The highest BCUT2D eigenvalue weighted by molar-refractivity contribution is 7.89. The number of halogens is 1. The molecule has 21 heavy (non-hydrogen) atoms. The van der Waals surface area contributed by atoms with E-state index < -0.39 is 22.4 Å². The lowest BCUT2D eigenvalue weighted by molar-refractivity contribution is 0.275. The van der Waals surface area contributed by atoms with Crippen LogP contribution in [0.4, 0.5) is 4.39 Å². The average molecular weight is 312 g/mol. The summed E-state index contributed by atoms with van der Waals surface area (Å²) in [7, 11) is -3.76. The molecule has 9 heteroatoms. The van der Waals surface area contributed by atoms with E-state index in [1.807, 2.05) is 0 Å². The molecule has 3 rings (SSSR count). The van der Waals surface area contributed by atoms with Crippen LogP contribution in [0.1, 0.15) is 11.4 Å². The molecule has 1 aromatic heterocycles. The summed E-state index contributed by atoms with van der Waals surface area (Å²) in [6.45, 7) is 0.326. The third-order valence-corrected chi connectivity index (χ3v) is 5.27. The predicted octanol–water partition coefficient (Wildman–Crippen LogP) is 0.114. The topological polar surface area (TPSA) is 88.3 Å². The molecular weight excluding hydrogens is 299 g/mol. The second-order valence-corrected chi connectivity index (χ2v) is 6.63. The fraction of sp³-hybridized carbons (Fsp3) is 0.333. The Labute approximate surface area is 120 Å². The highest BCUT2D eigenvalue weighted by Gasteiger charge is 2.29. The van der Waals surface area contributed by atoms with Crippen LogP contribution in [0, 0.1) is 5.82 Å². The summed E-state index contributed by atoms with van der Waals surface area (Å²) in [6, 6.07) is 3.40. The molecule has 2 aromatic rings. The summed E-state index contributed by atoms with van der Waals surface area (Å²) in [6.07, 6.45) is 1.56. The molecular formula is C12H13FN4O3S. The SMILES string of the molecule is O=S(=O)(c1ccc(F)c(CO)c1)N1CCn2cnnc2C1. The molecule has 2 heterocycles. The number of benzene rings is 1. The predicted molar refractivity (Wildman–Crippen MR) is 69.9 cm³/mol. The Morgan fingerprint density at radius 1 is 1.33 bits per heavy atom. The number of aliphatic hydroxyl groups is 1. The van der Waals surface area contributed by atoms with Crippen molar-refractivity contribution in [2.75, 3.05) is 6.54 Å². The fourth-order valence-electron chi connectivity index (χ4n) is 2.23. The first-order chi connectivity index (χ1) is 10.0. The van der Waals surface area contributed by atoms with Gasteiger partial charge in [-0.1, -0.05) is 0 Å². The largest absolute Gasteiger partial charge is 0.392 e. The Hall–Kier alpha value is -1.84. The van der Waals surface area contributed by atoms with E-state index >= 15 is 0 Å². The molecule has 0 saturated carbocycles. The Morgan fingerprint density at radius 2 is 2.14 bits per heavy atom. The minimum absolute atomic E-state index is 0.0408. The first-order valence-corrected chi connectivity index (χ1v) is 7.72. The number of hydrogen-bond donors (Lipinski definition) is 1. The van der Waals surface area contributed by atoms with Crippen molar-refractivity contribution >= 4 is 10.0 Å². The molecule has 0 radical (unpaired) electrons. The minimum atomic E-state index is -3.76. The van der Waals surface area contributed by atoms with Crippen LogP contribution in [-0.4, -0.2) is 39.1 Å². The first kappa shape index (κ1) is 14.1. The van der Waals surface area contributed by atoms with Gasteiger partial charge in [0.25, 0.3) is 0 Å². The maximum atomic E-state index is 13.4. The molecule has 0 saturated heterocycles. The van der Waals surface area contributed by atoms with Gasteiger partial charge in [-0.05, 0) is 18.2 Å². The van der Waals surface area contributed by atoms with Crippen LogP contribution in [0.15, 0.2) is 29.4 Å². The molecule has 1 N–H and O–H groups in total. The summed E-state index contributed by atoms with van der Waals surface area (Å²) in [4.78, 5) is -0.0408. The van der Waals surface area contributed by atoms with Gasteiger partial charge in [0.1, 0.15) is 18.0 Å². The van der Waals surface area contributed by atoms with Crippen molar-refractivity contribution in [1.82, 2.24) is 19.1 Å². The molecule has 0 spiro atoms. The maximum absolute atomic E-state index is 13.4. The Balaban J connectivity index is 1.94. The van der Waals surface area contributed by atoms with Crippen LogP contribution in [0.3, 0.4) is 0 Å². The second kappa shape index (κ2) is 5.17. The van der Waals surface area contributed by atoms with E-state index in [1.165, 1.54) is 10.4 Å². The number of aliphatic hydroxyl groups excluding tert-OH is 1. The zero-order chi connectivity index (χ0) is 15.0. The van der Waals surface area contributed by atoms with Gasteiger partial charge in [-0.3, -0.25) is 0 Å². The van der Waals surface area contributed by atoms with Crippen LogP contribution in [-0.2, 0) is 29.7 Å². The summed E-state index contributed by atoms with van der Waals surface area (Å²) in [5.41, 5.74) is -0.0451. The summed E-state index contributed by atoms with van der Waals surface area (Å²) in [5, 5.41) is 16.7. The Bertz CT molecular complexity index is 775. The van der Waals surface area contributed by atoms with Crippen LogP contribution in [0.5, 0.6) is 0 Å². The summed E-state index contributed by atoms with van der Waals surface area (Å²) in [5.74, 6) is -0.0656. The van der Waals surface area contributed by atoms with E-state index in [1.54, 1.807) is 10.9 Å². The van der Waals surface area contributed by atoms with E-state index in [0.29, 0.717) is 18.9 Å². The molecule has 0 bridgehead atoms. The zero-order valence-corrected chi connectivity index (χ0v) is 11.8. The van der Waals surface area contributed by atoms with Crippen molar-refractivity contribution in [2.24, 2.45) is 0 Å². The molecule has 0 aliphatic carbocycles. The van der Waals surface area contributed by atoms with Crippen molar-refractivity contribution in [3.8, 4) is 0 Å².